The fraction of sp³-hybridized carbons (Fsp3) is 0.200. The maximum absolute atomic E-state index is 10.7. The van der Waals surface area contributed by atoms with Gasteiger partial charge in [-0.2, -0.15) is 51.6 Å². The summed E-state index contributed by atoms with van der Waals surface area (Å²) in [6.45, 7) is 23.7. The molecule has 0 unspecified atom stereocenters. The van der Waals surface area contributed by atoms with E-state index in [9.17, 15) is 39.5 Å². The molecule has 49 heteroatoms. The minimum atomic E-state index is -6.09. The van der Waals surface area contributed by atoms with Gasteiger partial charge in [0.05, 0.1) is 0 Å². The molecule has 1 aliphatic heterocycles. The number of ether oxygens (including phenoxy) is 1. The molecule has 0 saturated carbocycles. The van der Waals surface area contributed by atoms with E-state index in [0.717, 1.165) is 139 Å². The molecule has 11 heterocycles. The van der Waals surface area contributed by atoms with Crippen LogP contribution in [0, 0.1) is 38.7 Å². The van der Waals surface area contributed by atoms with Crippen LogP contribution in [-0.4, -0.2) is 175 Å². The number of anilines is 16. The number of alkyl halides is 9. The topological polar surface area (TPSA) is 421 Å². The molecule has 0 saturated heterocycles. The first-order chi connectivity index (χ1) is 56.1. The van der Waals surface area contributed by atoms with Gasteiger partial charge in [-0.3, -0.25) is 0 Å². The third kappa shape index (κ3) is 33.3. The number of hydrogen-bond acceptors (Lipinski definition) is 26. The van der Waals surface area contributed by atoms with Gasteiger partial charge in [0.2, 0.25) is 0 Å². The summed E-state index contributed by atoms with van der Waals surface area (Å²) < 4.78 is 212. The Kier molecular flexibility index (Phi) is 50.9. The smallest absolute Gasteiger partial charge is 0.0468 e. The summed E-state index contributed by atoms with van der Waals surface area (Å²) >= 11 is 0. The van der Waals surface area contributed by atoms with Gasteiger partial charge in [-0.1, -0.05) is 72.8 Å². The summed E-state index contributed by atoms with van der Waals surface area (Å²) in [4.78, 5) is 62.8. The summed E-state index contributed by atoms with van der Waals surface area (Å²) in [7, 11) is -2.60. The summed E-state index contributed by atoms with van der Waals surface area (Å²) in [6.07, 6.45) is 0. The van der Waals surface area contributed by atoms with Crippen molar-refractivity contribution in [3.63, 3.8) is 0 Å². The Morgan fingerprint density at radius 3 is 0.532 bits per heavy atom. The minimum Gasteiger partial charge on any atom is -0.448 e. The number of para-hydroxylation sites is 2. The fourth-order valence-electron chi connectivity index (χ4n) is 9.68. The van der Waals surface area contributed by atoms with Crippen LogP contribution in [0.5, 0.6) is 0 Å². The van der Waals surface area contributed by atoms with Crippen molar-refractivity contribution in [2.75, 3.05) is 109 Å². The van der Waals surface area contributed by atoms with Crippen molar-refractivity contribution in [1.82, 2.24) is 49.8 Å². The second kappa shape index (κ2) is 54.0. The summed E-state index contributed by atoms with van der Waals surface area (Å²) in [5.74, 6) is 11.5. The van der Waals surface area contributed by atoms with Crippen LogP contribution >= 0.6 is 0 Å². The molecule has 0 aliphatic carbocycles. The molecular weight excluding hydrogens is 2180 g/mol. The summed E-state index contributed by atoms with van der Waals surface area (Å²) in [5, 5.41) is 2.19. The van der Waals surface area contributed by atoms with E-state index < -0.39 is 46.9 Å². The van der Waals surface area contributed by atoms with E-state index in [0.29, 0.717) is 0 Å². The molecule has 16 bridgehead atoms. The van der Waals surface area contributed by atoms with E-state index in [1.807, 2.05) is 279 Å². The van der Waals surface area contributed by atoms with E-state index >= 15 is 0 Å². The Hall–Kier alpha value is -9.16. The molecule has 0 radical (unpaired) electrons. The number of rotatable bonds is 3. The Bertz CT molecular complexity index is 4770. The van der Waals surface area contributed by atoms with Crippen molar-refractivity contribution < 1.29 is 214 Å². The van der Waals surface area contributed by atoms with Crippen LogP contribution < -0.4 is 39.2 Å². The molecule has 12 aromatic rings. The number of aromatic nitrogens is 10. The minimum absolute atomic E-state index is 0. The number of halogens is 9. The molecule has 10 aromatic heterocycles. The molecular formula is C75H68Ag5F9N18O14S3. The molecule has 0 atom stereocenters. The monoisotopic (exact) mass is 2250 g/mol. The zero-order chi connectivity index (χ0) is 89.6. The second-order valence-electron chi connectivity index (χ2n) is 23.1. The van der Waals surface area contributed by atoms with Gasteiger partial charge in [0.25, 0.3) is 0 Å². The van der Waals surface area contributed by atoms with Gasteiger partial charge in [0.15, 0.2) is 30.4 Å². The predicted octanol–water partition coefficient (Wildman–Crippen LogP) is 14.3. The van der Waals surface area contributed by atoms with Crippen LogP contribution in [0.1, 0.15) is 13.8 Å². The van der Waals surface area contributed by atoms with Crippen LogP contribution in [0.25, 0.3) is 33.2 Å². The van der Waals surface area contributed by atoms with E-state index in [4.69, 9.17) is 102 Å². The van der Waals surface area contributed by atoms with Crippen molar-refractivity contribution in [3.05, 3.63) is 233 Å². The number of aromatic amines is 2. The number of H-pyrrole nitrogens is 2. The first-order valence-electron chi connectivity index (χ1n) is 33.2. The van der Waals surface area contributed by atoms with Crippen molar-refractivity contribution in [1.29, 1.82) is 0 Å². The Balaban J connectivity index is 0. The van der Waals surface area contributed by atoms with Gasteiger partial charge < -0.3 is 67.6 Å². The fourth-order valence-corrected chi connectivity index (χ4v) is 9.68. The average Bonchev–Trinajstić information content (AvgIpc) is 1.43. The predicted molar refractivity (Wildman–Crippen MR) is 417 cm³/mol. The molecule has 124 heavy (non-hydrogen) atoms. The van der Waals surface area contributed by atoms with Gasteiger partial charge in [-0.15, -0.1) is 46.4 Å². The molecule has 0 spiro atoms. The molecule has 2 aromatic carbocycles. The van der Waals surface area contributed by atoms with E-state index in [-0.39, 0.29) is 112 Å². The Morgan fingerprint density at radius 1 is 0.298 bits per heavy atom. The number of nitrogens with one attached hydrogen (secondary N) is 2. The van der Waals surface area contributed by atoms with Crippen molar-refractivity contribution in [2.24, 2.45) is 0 Å². The quantitative estimate of drug-likeness (QED) is 0.0414. The van der Waals surface area contributed by atoms with E-state index in [2.05, 4.69) is 73.0 Å². The van der Waals surface area contributed by atoms with Crippen LogP contribution in [0.15, 0.2) is 194 Å². The SMILES string of the molecule is CCOCC.CN1c2cccc(n2)N(C)c2cccc(n2)N(C)c2cccc(n2)N(C)c2cccc(n2)N(C)c2cccc(n2)N(C)c2cccc(n2)N(C)c2cccc(n2)N(C)c2cccc1n2.O=S(=O)([O-])C(F)(F)F.O=S(=O)([O-])C(F)(F)F.O=S(=O)([O-])C(F)(F)F.[Ag+].[Ag+].[Ag+].[Ag+].[Ag+].[C-]#[O+].[C-]#[O+].[C-]#[O+].[C-]#[O+].[c-]1c(-c2[c-]c3ccccc3[nH]2)[nH]c2ccccc12. The zero-order valence-corrected chi connectivity index (χ0v) is 75.3. The molecule has 0 amide bonds. The van der Waals surface area contributed by atoms with Crippen LogP contribution in [0.3, 0.4) is 0 Å². The van der Waals surface area contributed by atoms with E-state index in [1.54, 1.807) is 0 Å². The standard InChI is InChI=1S/C48H48N16.C16H10N2.C4H10O.3CHF3O3S.4CO.5Ag/c1-57-33-17-9-19-35(49-33)58(2)37-21-11-23-39(51-37)60(4)41-25-13-27-43(53-41)62(6)45-29-15-31-47(55-45)64(8)48-32-16-30-46(56-48)63(7)44-28-14-26-42(54-44)61(5)40-24-12-22-38(52-40)59(3)36-20-10-18-34(57)50-36;1-3-7-13-11(5-1)9-15(17-13)16-10-12-6-2-4-8-14(12)18-16;1-3-5-4-2;3*2-1(3,4)8(5,6)7;4*1-2;;;;;/h9-32H,1-8H3;1-8,17-18H;3-4H2,1-2H3;3*(H,5,6,7);;;;;;;;;/q;-2;;;;;;;;;5*+1/p-3. The summed E-state index contributed by atoms with van der Waals surface area (Å²) in [5.41, 5.74) is -12.8. The molecule has 13 rings (SSSR count). The van der Waals surface area contributed by atoms with Crippen molar-refractivity contribution >= 4 is 145 Å². The third-order valence-corrected chi connectivity index (χ3v) is 17.4. The van der Waals surface area contributed by atoms with Crippen LogP contribution in [0.2, 0.25) is 0 Å². The van der Waals surface area contributed by atoms with Crippen molar-refractivity contribution in [3.8, 4) is 11.4 Å². The van der Waals surface area contributed by atoms with Gasteiger partial charge in [-0.05, 0) is 122 Å². The Labute approximate surface area is 785 Å². The number of fused-ring (bicyclic) bond motifs is 18. The average molecular weight is 2250 g/mol. The van der Waals surface area contributed by atoms with Crippen LogP contribution in [-0.2, 0) is 166 Å². The number of benzene rings is 2. The van der Waals surface area contributed by atoms with Gasteiger partial charge >= 0.3 is 174 Å². The summed E-state index contributed by atoms with van der Waals surface area (Å²) in [6, 6.07) is 70.3. The van der Waals surface area contributed by atoms with Gasteiger partial charge in [0, 0.05) is 69.6 Å². The molecule has 2 N–H and O–H groups in total. The van der Waals surface area contributed by atoms with E-state index in [1.165, 1.54) is 0 Å². The molecule has 1 aliphatic rings. The zero-order valence-electron chi connectivity index (χ0n) is 65.4. The second-order valence-corrected chi connectivity index (χ2v) is 27.2. The maximum atomic E-state index is 10.7. The number of nitrogens with zero attached hydrogens (tertiary/aromatic N) is 16. The Morgan fingerprint density at radius 2 is 0.427 bits per heavy atom. The van der Waals surface area contributed by atoms with Crippen LogP contribution in [0.4, 0.5) is 133 Å². The van der Waals surface area contributed by atoms with Crippen molar-refractivity contribution in [2.45, 2.75) is 30.4 Å². The molecule has 32 nitrogen and oxygen atoms in total. The largest absolute Gasteiger partial charge is 0.448 e. The maximum Gasteiger partial charge on any atom is -0.0468 e. The first kappa shape index (κ1) is 117. The number of hydrogen-bond donors (Lipinski definition) is 2. The van der Waals surface area contributed by atoms with Gasteiger partial charge in [0.1, 0.15) is 93.1 Å². The molecule has 678 valence electrons. The third-order valence-electron chi connectivity index (χ3n) is 15.7. The normalized spacial score (nSPS) is 11.7. The number of pyridine rings is 8. The van der Waals surface area contributed by atoms with Gasteiger partial charge in [-0.25, -0.2) is 65.1 Å². The molecule has 0 fully saturated rings. The first-order valence-corrected chi connectivity index (χ1v) is 37.4.